The molecule has 9 heteroatoms. The van der Waals surface area contributed by atoms with E-state index in [-0.39, 0.29) is 49.1 Å². The fourth-order valence-electron chi connectivity index (χ4n) is 3.52. The summed E-state index contributed by atoms with van der Waals surface area (Å²) in [6.45, 7) is 3.49. The number of benzene rings is 2. The lowest BCUT2D eigenvalue weighted by atomic mass is 9.88. The monoisotopic (exact) mass is 515 g/mol. The van der Waals surface area contributed by atoms with Crippen LogP contribution >= 0.6 is 30.8 Å². The Hall–Kier alpha value is -1.40. The molecule has 0 aliphatic heterocycles. The Kier molecular flexibility index (Phi) is 11.9. The third-order valence-corrected chi connectivity index (χ3v) is 7.54. The van der Waals surface area contributed by atoms with Crippen LogP contribution in [0.25, 0.3) is 0 Å². The van der Waals surface area contributed by atoms with Crippen molar-refractivity contribution in [2.75, 3.05) is 25.0 Å². The van der Waals surface area contributed by atoms with Gasteiger partial charge in [0, 0.05) is 24.1 Å². The molecule has 6 nitrogen and oxygen atoms in total. The van der Waals surface area contributed by atoms with Crippen molar-refractivity contribution in [3.05, 3.63) is 71.8 Å². The molecule has 182 valence electrons. The number of aliphatic hydroxyl groups excluding tert-OH is 1. The fourth-order valence-corrected chi connectivity index (χ4v) is 5.78. The summed E-state index contributed by atoms with van der Waals surface area (Å²) in [6.07, 6.45) is 0.152. The highest BCUT2D eigenvalue weighted by molar-refractivity contribution is 7.54. The van der Waals surface area contributed by atoms with Crippen LogP contribution in [0.3, 0.4) is 0 Å². The van der Waals surface area contributed by atoms with E-state index < -0.39 is 19.5 Å². The van der Waals surface area contributed by atoms with E-state index in [1.807, 2.05) is 74.5 Å². The van der Waals surface area contributed by atoms with Crippen LogP contribution in [0.4, 0.5) is 0 Å². The number of aliphatic hydroxyl groups is 1. The van der Waals surface area contributed by atoms with E-state index in [4.69, 9.17) is 32.2 Å². The van der Waals surface area contributed by atoms with Crippen LogP contribution in [0, 0.1) is 5.92 Å². The minimum atomic E-state index is -3.99. The average Bonchev–Trinajstić information content (AvgIpc) is 2.83. The number of carbonyl (C=O) groups is 1. The standard InChI is InChI=1S/C24H32Cl2NO5P/c1-18(2)23(24(29)33(30,31-15-13-25)32-16-14-26)27-22(28)17-21(19-9-5-3-6-10-19)20-11-7-4-8-12-20/h3-12,18,21,23-24,29H,13-17H2,1-2H3,(H,27,28). The molecular weight excluding hydrogens is 484 g/mol. The van der Waals surface area contributed by atoms with Gasteiger partial charge >= 0.3 is 7.60 Å². The lowest BCUT2D eigenvalue weighted by molar-refractivity contribution is -0.123. The summed E-state index contributed by atoms with van der Waals surface area (Å²) >= 11 is 11.3. The first-order valence-corrected chi connectivity index (χ1v) is 13.6. The van der Waals surface area contributed by atoms with Gasteiger partial charge in [0.2, 0.25) is 5.91 Å². The second-order valence-corrected chi connectivity index (χ2v) is 10.8. The van der Waals surface area contributed by atoms with Gasteiger partial charge in [-0.3, -0.25) is 9.36 Å². The third-order valence-electron chi connectivity index (χ3n) is 5.18. The van der Waals surface area contributed by atoms with Gasteiger partial charge in [-0.15, -0.1) is 23.2 Å². The predicted molar refractivity (Wildman–Crippen MR) is 133 cm³/mol. The molecule has 0 spiro atoms. The van der Waals surface area contributed by atoms with Crippen molar-refractivity contribution < 1.29 is 23.5 Å². The van der Waals surface area contributed by atoms with E-state index in [1.165, 1.54) is 0 Å². The average molecular weight is 516 g/mol. The second kappa shape index (κ2) is 14.1. The zero-order chi connectivity index (χ0) is 24.3. The molecule has 2 atom stereocenters. The first kappa shape index (κ1) is 27.8. The van der Waals surface area contributed by atoms with Crippen LogP contribution in [0.2, 0.25) is 0 Å². The number of amides is 1. The molecule has 1 amide bonds. The molecule has 2 aromatic rings. The van der Waals surface area contributed by atoms with Crippen LogP contribution in [0.5, 0.6) is 0 Å². The maximum atomic E-state index is 13.3. The van der Waals surface area contributed by atoms with Crippen molar-refractivity contribution in [1.82, 2.24) is 5.32 Å². The largest absolute Gasteiger partial charge is 0.379 e. The summed E-state index contributed by atoms with van der Waals surface area (Å²) < 4.78 is 23.9. The van der Waals surface area contributed by atoms with Crippen LogP contribution in [-0.4, -0.2) is 47.9 Å². The van der Waals surface area contributed by atoms with E-state index >= 15 is 0 Å². The first-order valence-electron chi connectivity index (χ1n) is 10.9. The number of carbonyl (C=O) groups excluding carboxylic acids is 1. The molecule has 2 N–H and O–H groups in total. The molecule has 0 fully saturated rings. The van der Waals surface area contributed by atoms with Crippen molar-refractivity contribution >= 4 is 36.7 Å². The SMILES string of the molecule is CC(C)C(NC(=O)CC(c1ccccc1)c1ccccc1)C(O)P(=O)(OCCCl)OCCCl. The number of halogens is 2. The zero-order valence-corrected chi connectivity index (χ0v) is 21.3. The minimum absolute atomic E-state index is 0.0684. The van der Waals surface area contributed by atoms with Gasteiger partial charge in [0.05, 0.1) is 19.3 Å². The van der Waals surface area contributed by atoms with Crippen LogP contribution in [0.1, 0.15) is 37.3 Å². The van der Waals surface area contributed by atoms with Crippen molar-refractivity contribution in [2.45, 2.75) is 38.1 Å². The number of hydrogen-bond acceptors (Lipinski definition) is 5. The Morgan fingerprint density at radius 3 is 1.79 bits per heavy atom. The molecule has 0 aliphatic carbocycles. The Morgan fingerprint density at radius 2 is 1.39 bits per heavy atom. The van der Waals surface area contributed by atoms with Crippen molar-refractivity contribution in [3.63, 3.8) is 0 Å². The molecule has 0 heterocycles. The van der Waals surface area contributed by atoms with Crippen molar-refractivity contribution in [3.8, 4) is 0 Å². The van der Waals surface area contributed by atoms with E-state index in [0.717, 1.165) is 11.1 Å². The van der Waals surface area contributed by atoms with Gasteiger partial charge in [-0.2, -0.15) is 0 Å². The van der Waals surface area contributed by atoms with Crippen LogP contribution in [0.15, 0.2) is 60.7 Å². The van der Waals surface area contributed by atoms with Crippen LogP contribution < -0.4 is 5.32 Å². The first-order chi connectivity index (χ1) is 15.8. The van der Waals surface area contributed by atoms with Gasteiger partial charge in [-0.25, -0.2) is 0 Å². The lowest BCUT2D eigenvalue weighted by Gasteiger charge is -2.32. The molecule has 0 radical (unpaired) electrons. The van der Waals surface area contributed by atoms with Gasteiger partial charge in [-0.1, -0.05) is 74.5 Å². The summed E-state index contributed by atoms with van der Waals surface area (Å²) in [5.41, 5.74) is 2.00. The Balaban J connectivity index is 2.23. The van der Waals surface area contributed by atoms with Crippen molar-refractivity contribution in [1.29, 1.82) is 0 Å². The van der Waals surface area contributed by atoms with Gasteiger partial charge in [0.15, 0.2) is 5.85 Å². The van der Waals surface area contributed by atoms with Crippen LogP contribution in [-0.2, 0) is 18.4 Å². The van der Waals surface area contributed by atoms with Gasteiger partial charge in [0.1, 0.15) is 0 Å². The highest BCUT2D eigenvalue weighted by Gasteiger charge is 2.42. The number of rotatable bonds is 14. The molecule has 2 rings (SSSR count). The zero-order valence-electron chi connectivity index (χ0n) is 18.9. The molecule has 0 bridgehead atoms. The van der Waals surface area contributed by atoms with Gasteiger partial charge in [-0.05, 0) is 17.0 Å². The smallest absolute Gasteiger partial charge is 0.361 e. The molecule has 33 heavy (non-hydrogen) atoms. The number of hydrogen-bond donors (Lipinski definition) is 2. The highest BCUT2D eigenvalue weighted by Crippen LogP contribution is 2.54. The quantitative estimate of drug-likeness (QED) is 0.261. The van der Waals surface area contributed by atoms with E-state index in [0.29, 0.717) is 0 Å². The number of alkyl halides is 2. The number of nitrogens with one attached hydrogen (secondary N) is 1. The highest BCUT2D eigenvalue weighted by atomic mass is 35.5. The molecular formula is C24H32Cl2NO5P. The maximum absolute atomic E-state index is 13.3. The summed E-state index contributed by atoms with van der Waals surface area (Å²) in [6, 6.07) is 18.6. The maximum Gasteiger partial charge on any atom is 0.361 e. The van der Waals surface area contributed by atoms with E-state index in [1.54, 1.807) is 0 Å². The van der Waals surface area contributed by atoms with E-state index in [2.05, 4.69) is 5.32 Å². The van der Waals surface area contributed by atoms with Gasteiger partial charge in [0.25, 0.3) is 0 Å². The lowest BCUT2D eigenvalue weighted by Crippen LogP contribution is -2.47. The normalized spacial score (nSPS) is 13.8. The summed E-state index contributed by atoms with van der Waals surface area (Å²) in [5.74, 6) is -2.12. The fraction of sp³-hybridized carbons (Fsp3) is 0.458. The van der Waals surface area contributed by atoms with E-state index in [9.17, 15) is 14.5 Å². The topological polar surface area (TPSA) is 84.9 Å². The predicted octanol–water partition coefficient (Wildman–Crippen LogP) is 5.37. The minimum Gasteiger partial charge on any atom is -0.379 e. The molecule has 0 aliphatic rings. The summed E-state index contributed by atoms with van der Waals surface area (Å²) in [5, 5.41) is 13.8. The molecule has 0 aromatic heterocycles. The third kappa shape index (κ3) is 8.40. The Bertz CT molecular complexity index is 833. The summed E-state index contributed by atoms with van der Waals surface area (Å²) in [4.78, 5) is 13.1. The molecule has 2 unspecified atom stereocenters. The molecule has 2 aromatic carbocycles. The molecule has 0 saturated carbocycles. The summed E-state index contributed by atoms with van der Waals surface area (Å²) in [7, 11) is -3.99. The second-order valence-electron chi connectivity index (χ2n) is 7.91. The Labute approximate surface area is 206 Å². The molecule has 0 saturated heterocycles. The Morgan fingerprint density at radius 1 is 0.939 bits per heavy atom. The van der Waals surface area contributed by atoms with Gasteiger partial charge < -0.3 is 19.5 Å². The van der Waals surface area contributed by atoms with Crippen molar-refractivity contribution in [2.24, 2.45) is 5.92 Å².